The van der Waals surface area contributed by atoms with Crippen molar-refractivity contribution in [2.45, 2.75) is 40.2 Å². The number of alkyl carbamates (subject to hydrolysis) is 1. The van der Waals surface area contributed by atoms with Crippen LogP contribution in [0.25, 0.3) is 0 Å². The highest BCUT2D eigenvalue weighted by molar-refractivity contribution is 5.92. The molecule has 0 bridgehead atoms. The van der Waals surface area contributed by atoms with Crippen LogP contribution >= 0.6 is 0 Å². The molecule has 6 nitrogen and oxygen atoms in total. The normalized spacial score (nSPS) is 11.0. The van der Waals surface area contributed by atoms with Crippen LogP contribution in [-0.4, -0.2) is 30.7 Å². The van der Waals surface area contributed by atoms with Crippen LogP contribution in [0.3, 0.4) is 0 Å². The molecule has 0 aliphatic carbocycles. The highest BCUT2D eigenvalue weighted by Crippen LogP contribution is 2.15. The summed E-state index contributed by atoms with van der Waals surface area (Å²) in [5.41, 5.74) is 1.12. The second-order valence-electron chi connectivity index (χ2n) is 6.58. The Morgan fingerprint density at radius 3 is 2.39 bits per heavy atom. The first-order valence-electron chi connectivity index (χ1n) is 7.79. The Balaban J connectivity index is 2.38. The van der Waals surface area contributed by atoms with Gasteiger partial charge in [0, 0.05) is 30.4 Å². The fraction of sp³-hybridized carbons (Fsp3) is 0.529. The second-order valence-corrected chi connectivity index (χ2v) is 6.58. The van der Waals surface area contributed by atoms with Gasteiger partial charge in [-0.15, -0.1) is 0 Å². The summed E-state index contributed by atoms with van der Waals surface area (Å²) in [4.78, 5) is 23.2. The molecule has 2 amide bonds. The lowest BCUT2D eigenvalue weighted by molar-refractivity contribution is -0.118. The molecule has 3 N–H and O–H groups in total. The molecular weight excluding hydrogens is 294 g/mol. The zero-order valence-electron chi connectivity index (χ0n) is 14.5. The predicted octanol–water partition coefficient (Wildman–Crippen LogP) is 3.22. The van der Waals surface area contributed by atoms with Crippen LogP contribution in [0.5, 0.6) is 0 Å². The number of ether oxygens (including phenoxy) is 1. The smallest absolute Gasteiger partial charge is 0.407 e. The molecule has 6 heteroatoms. The molecule has 0 unspecified atom stereocenters. The maximum absolute atomic E-state index is 11.7. The first kappa shape index (κ1) is 18.8. The van der Waals surface area contributed by atoms with Gasteiger partial charge in [-0.1, -0.05) is 19.9 Å². The SMILES string of the molecule is CC(C)C(=O)Nc1cccc(NCCNC(=O)OC(C)(C)C)c1. The Morgan fingerprint density at radius 2 is 1.78 bits per heavy atom. The van der Waals surface area contributed by atoms with Gasteiger partial charge in [0.2, 0.25) is 5.91 Å². The number of hydrogen-bond donors (Lipinski definition) is 3. The Morgan fingerprint density at radius 1 is 1.13 bits per heavy atom. The molecule has 23 heavy (non-hydrogen) atoms. The van der Waals surface area contributed by atoms with Gasteiger partial charge in [-0.25, -0.2) is 4.79 Å². The average molecular weight is 321 g/mol. The van der Waals surface area contributed by atoms with E-state index in [4.69, 9.17) is 4.74 Å². The minimum atomic E-state index is -0.500. The van der Waals surface area contributed by atoms with Crippen molar-refractivity contribution in [1.82, 2.24) is 5.32 Å². The van der Waals surface area contributed by atoms with Gasteiger partial charge in [-0.3, -0.25) is 4.79 Å². The number of amides is 2. The summed E-state index contributed by atoms with van der Waals surface area (Å²) in [6.45, 7) is 10.2. The van der Waals surface area contributed by atoms with Gasteiger partial charge in [0.1, 0.15) is 5.60 Å². The number of carbonyl (C=O) groups excluding carboxylic acids is 2. The molecule has 0 atom stereocenters. The lowest BCUT2D eigenvalue weighted by Gasteiger charge is -2.19. The number of nitrogens with one attached hydrogen (secondary N) is 3. The molecule has 0 radical (unpaired) electrons. The lowest BCUT2D eigenvalue weighted by atomic mass is 10.2. The molecule has 0 heterocycles. The minimum Gasteiger partial charge on any atom is -0.444 e. The van der Waals surface area contributed by atoms with Gasteiger partial charge in [-0.05, 0) is 39.0 Å². The fourth-order valence-electron chi connectivity index (χ4n) is 1.68. The molecule has 1 rings (SSSR count). The summed E-state index contributed by atoms with van der Waals surface area (Å²) in [7, 11) is 0. The van der Waals surface area contributed by atoms with Gasteiger partial charge in [0.25, 0.3) is 0 Å². The number of carbonyl (C=O) groups is 2. The van der Waals surface area contributed by atoms with Crippen LogP contribution in [-0.2, 0) is 9.53 Å². The van der Waals surface area contributed by atoms with Crippen molar-refractivity contribution in [1.29, 1.82) is 0 Å². The Hall–Kier alpha value is -2.24. The molecular formula is C17H27N3O3. The lowest BCUT2D eigenvalue weighted by Crippen LogP contribution is -2.35. The second kappa shape index (κ2) is 8.41. The van der Waals surface area contributed by atoms with Crippen LogP contribution in [0, 0.1) is 5.92 Å². The third-order valence-electron chi connectivity index (χ3n) is 2.78. The van der Waals surface area contributed by atoms with Crippen LogP contribution in [0.4, 0.5) is 16.2 Å². The fourth-order valence-corrected chi connectivity index (χ4v) is 1.68. The van der Waals surface area contributed by atoms with Crippen molar-refractivity contribution in [2.75, 3.05) is 23.7 Å². The molecule has 0 fully saturated rings. The third kappa shape index (κ3) is 8.09. The van der Waals surface area contributed by atoms with E-state index >= 15 is 0 Å². The van der Waals surface area contributed by atoms with Crippen molar-refractivity contribution < 1.29 is 14.3 Å². The topological polar surface area (TPSA) is 79.5 Å². The number of benzene rings is 1. The number of rotatable bonds is 6. The van der Waals surface area contributed by atoms with Crippen LogP contribution in [0.15, 0.2) is 24.3 Å². The van der Waals surface area contributed by atoms with Gasteiger partial charge in [0.05, 0.1) is 0 Å². The summed E-state index contributed by atoms with van der Waals surface area (Å²) < 4.78 is 5.15. The number of hydrogen-bond acceptors (Lipinski definition) is 4. The van der Waals surface area contributed by atoms with Gasteiger partial charge in [-0.2, -0.15) is 0 Å². The molecule has 0 saturated heterocycles. The molecule has 0 aliphatic rings. The number of anilines is 2. The van der Waals surface area contributed by atoms with Gasteiger partial charge < -0.3 is 20.7 Å². The first-order valence-corrected chi connectivity index (χ1v) is 7.79. The van der Waals surface area contributed by atoms with E-state index in [1.807, 2.05) is 58.9 Å². The average Bonchev–Trinajstić information content (AvgIpc) is 2.42. The van der Waals surface area contributed by atoms with E-state index in [1.54, 1.807) is 0 Å². The molecule has 128 valence electrons. The largest absolute Gasteiger partial charge is 0.444 e. The molecule has 0 spiro atoms. The standard InChI is InChI=1S/C17H27N3O3/c1-12(2)15(21)20-14-8-6-7-13(11-14)18-9-10-19-16(22)23-17(3,4)5/h6-8,11-12,18H,9-10H2,1-5H3,(H,19,22)(H,20,21). The summed E-state index contributed by atoms with van der Waals surface area (Å²) in [5.74, 6) is -0.0848. The zero-order valence-corrected chi connectivity index (χ0v) is 14.5. The van der Waals surface area contributed by atoms with E-state index in [9.17, 15) is 9.59 Å². The Bertz CT molecular complexity index is 536. The quantitative estimate of drug-likeness (QED) is 0.703. The van der Waals surface area contributed by atoms with E-state index in [0.29, 0.717) is 13.1 Å². The van der Waals surface area contributed by atoms with Crippen molar-refractivity contribution in [3.8, 4) is 0 Å². The molecule has 0 aromatic heterocycles. The van der Waals surface area contributed by atoms with Gasteiger partial charge >= 0.3 is 6.09 Å². The van der Waals surface area contributed by atoms with E-state index < -0.39 is 11.7 Å². The van der Waals surface area contributed by atoms with Crippen molar-refractivity contribution in [3.05, 3.63) is 24.3 Å². The van der Waals surface area contributed by atoms with E-state index in [1.165, 1.54) is 0 Å². The minimum absolute atomic E-state index is 0.0197. The van der Waals surface area contributed by atoms with Crippen molar-refractivity contribution >= 4 is 23.4 Å². The van der Waals surface area contributed by atoms with E-state index in [-0.39, 0.29) is 11.8 Å². The van der Waals surface area contributed by atoms with E-state index in [2.05, 4.69) is 16.0 Å². The van der Waals surface area contributed by atoms with Gasteiger partial charge in [0.15, 0.2) is 0 Å². The summed E-state index contributed by atoms with van der Waals surface area (Å²) >= 11 is 0. The summed E-state index contributed by atoms with van der Waals surface area (Å²) in [6.07, 6.45) is -0.433. The van der Waals surface area contributed by atoms with Crippen LogP contribution < -0.4 is 16.0 Å². The molecule has 0 saturated carbocycles. The highest BCUT2D eigenvalue weighted by Gasteiger charge is 2.15. The third-order valence-corrected chi connectivity index (χ3v) is 2.78. The first-order chi connectivity index (χ1) is 10.7. The van der Waals surface area contributed by atoms with Crippen molar-refractivity contribution in [3.63, 3.8) is 0 Å². The summed E-state index contributed by atoms with van der Waals surface area (Å²) in [5, 5.41) is 8.71. The Labute approximate surface area is 138 Å². The zero-order chi connectivity index (χ0) is 17.5. The molecule has 1 aromatic rings. The van der Waals surface area contributed by atoms with Crippen molar-refractivity contribution in [2.24, 2.45) is 5.92 Å². The van der Waals surface area contributed by atoms with E-state index in [0.717, 1.165) is 11.4 Å². The Kier molecular flexibility index (Phi) is 6.88. The summed E-state index contributed by atoms with van der Waals surface area (Å²) in [6, 6.07) is 7.45. The highest BCUT2D eigenvalue weighted by atomic mass is 16.6. The maximum atomic E-state index is 11.7. The predicted molar refractivity (Wildman–Crippen MR) is 92.6 cm³/mol. The molecule has 0 aliphatic heterocycles. The van der Waals surface area contributed by atoms with Crippen LogP contribution in [0.1, 0.15) is 34.6 Å². The van der Waals surface area contributed by atoms with Crippen LogP contribution in [0.2, 0.25) is 0 Å². The maximum Gasteiger partial charge on any atom is 0.407 e. The monoisotopic (exact) mass is 321 g/mol. The molecule has 1 aromatic carbocycles.